The molecule has 0 saturated carbocycles. The molecular weight excluding hydrogens is 442 g/mol. The van der Waals surface area contributed by atoms with E-state index in [-0.39, 0.29) is 35.8 Å². The van der Waals surface area contributed by atoms with Gasteiger partial charge in [-0.15, -0.1) is 0 Å². The van der Waals surface area contributed by atoms with Gasteiger partial charge in [0.1, 0.15) is 0 Å². The number of amides is 2. The van der Waals surface area contributed by atoms with Crippen LogP contribution in [0.1, 0.15) is 30.4 Å². The maximum atomic E-state index is 12.8. The minimum Gasteiger partial charge on any atom is -0.377 e. The predicted molar refractivity (Wildman–Crippen MR) is 126 cm³/mol. The molecule has 2 atom stereocenters. The standard InChI is InChI=1S/C24H29N3O5S/c1-16-10-17(2)12-20(11-16)27-15-18(13-23(27)28)24(29)26-19-5-7-22(8-6-19)33(30,31)25-14-21-4-3-9-32-21/h5-8,10-12,18,21,25H,3-4,9,13-15H2,1-2H3,(H,26,29). The number of hydrogen-bond acceptors (Lipinski definition) is 5. The highest BCUT2D eigenvalue weighted by atomic mass is 32.2. The molecule has 4 rings (SSSR count). The highest BCUT2D eigenvalue weighted by molar-refractivity contribution is 7.89. The van der Waals surface area contributed by atoms with Crippen LogP contribution in [-0.2, 0) is 24.3 Å². The van der Waals surface area contributed by atoms with E-state index in [1.165, 1.54) is 12.1 Å². The van der Waals surface area contributed by atoms with Crippen molar-refractivity contribution in [3.8, 4) is 0 Å². The Kier molecular flexibility index (Phi) is 6.83. The molecule has 2 fully saturated rings. The van der Waals surface area contributed by atoms with Crippen molar-refractivity contribution in [2.75, 3.05) is 29.9 Å². The third-order valence-corrected chi connectivity index (χ3v) is 7.41. The molecule has 9 heteroatoms. The molecule has 0 spiro atoms. The van der Waals surface area contributed by atoms with Crippen molar-refractivity contribution in [3.05, 3.63) is 53.6 Å². The fourth-order valence-electron chi connectivity index (χ4n) is 4.29. The number of anilines is 2. The summed E-state index contributed by atoms with van der Waals surface area (Å²) < 4.78 is 33.0. The number of nitrogens with one attached hydrogen (secondary N) is 2. The molecule has 2 aliphatic heterocycles. The third kappa shape index (κ3) is 5.61. The SMILES string of the molecule is Cc1cc(C)cc(N2CC(C(=O)Nc3ccc(S(=O)(=O)NCC4CCCO4)cc3)CC2=O)c1. The first kappa shape index (κ1) is 23.4. The summed E-state index contributed by atoms with van der Waals surface area (Å²) in [5.74, 6) is -0.823. The quantitative estimate of drug-likeness (QED) is 0.646. The normalized spacial score (nSPS) is 20.9. The second-order valence-corrected chi connectivity index (χ2v) is 10.5. The van der Waals surface area contributed by atoms with Crippen molar-refractivity contribution in [3.63, 3.8) is 0 Å². The minimum atomic E-state index is -3.65. The van der Waals surface area contributed by atoms with E-state index in [1.54, 1.807) is 17.0 Å². The Morgan fingerprint density at radius 1 is 1.12 bits per heavy atom. The number of nitrogens with zero attached hydrogens (tertiary/aromatic N) is 1. The number of benzene rings is 2. The largest absolute Gasteiger partial charge is 0.377 e. The summed E-state index contributed by atoms with van der Waals surface area (Å²) in [4.78, 5) is 27.1. The molecule has 0 aromatic heterocycles. The maximum absolute atomic E-state index is 12.8. The third-order valence-electron chi connectivity index (χ3n) is 5.97. The van der Waals surface area contributed by atoms with Crippen LogP contribution in [0.3, 0.4) is 0 Å². The number of ether oxygens (including phenoxy) is 1. The van der Waals surface area contributed by atoms with Crippen LogP contribution >= 0.6 is 0 Å². The fraction of sp³-hybridized carbons (Fsp3) is 0.417. The molecular formula is C24H29N3O5S. The lowest BCUT2D eigenvalue weighted by molar-refractivity contribution is -0.122. The van der Waals surface area contributed by atoms with Crippen molar-refractivity contribution >= 4 is 33.2 Å². The van der Waals surface area contributed by atoms with Crippen LogP contribution in [0.15, 0.2) is 47.4 Å². The smallest absolute Gasteiger partial charge is 0.240 e. The summed E-state index contributed by atoms with van der Waals surface area (Å²) in [6.45, 7) is 5.17. The molecule has 2 saturated heterocycles. The van der Waals surface area contributed by atoms with Crippen LogP contribution in [0, 0.1) is 19.8 Å². The van der Waals surface area contributed by atoms with E-state index in [9.17, 15) is 18.0 Å². The van der Waals surface area contributed by atoms with Gasteiger partial charge in [-0.2, -0.15) is 0 Å². The molecule has 2 aromatic carbocycles. The molecule has 0 bridgehead atoms. The fourth-order valence-corrected chi connectivity index (χ4v) is 5.36. The maximum Gasteiger partial charge on any atom is 0.240 e. The summed E-state index contributed by atoms with van der Waals surface area (Å²) >= 11 is 0. The number of hydrogen-bond donors (Lipinski definition) is 2. The summed E-state index contributed by atoms with van der Waals surface area (Å²) in [6, 6.07) is 11.9. The zero-order chi connectivity index (χ0) is 23.6. The molecule has 2 unspecified atom stereocenters. The van der Waals surface area contributed by atoms with Gasteiger partial charge in [0, 0.05) is 37.5 Å². The van der Waals surface area contributed by atoms with E-state index in [4.69, 9.17) is 4.74 Å². The van der Waals surface area contributed by atoms with E-state index < -0.39 is 15.9 Å². The molecule has 2 N–H and O–H groups in total. The van der Waals surface area contributed by atoms with Crippen LogP contribution < -0.4 is 14.9 Å². The van der Waals surface area contributed by atoms with E-state index in [2.05, 4.69) is 10.0 Å². The summed E-state index contributed by atoms with van der Waals surface area (Å²) in [7, 11) is -3.65. The van der Waals surface area contributed by atoms with Crippen LogP contribution in [0.5, 0.6) is 0 Å². The highest BCUT2D eigenvalue weighted by Gasteiger charge is 2.35. The van der Waals surface area contributed by atoms with Gasteiger partial charge in [-0.05, 0) is 74.2 Å². The van der Waals surface area contributed by atoms with Gasteiger partial charge in [0.25, 0.3) is 0 Å². The molecule has 0 radical (unpaired) electrons. The minimum absolute atomic E-state index is 0.0843. The lowest BCUT2D eigenvalue weighted by Crippen LogP contribution is -2.31. The van der Waals surface area contributed by atoms with Gasteiger partial charge in [0.15, 0.2) is 0 Å². The molecule has 33 heavy (non-hydrogen) atoms. The molecule has 2 aliphatic rings. The summed E-state index contributed by atoms with van der Waals surface area (Å²) in [5.41, 5.74) is 3.41. The molecule has 2 aromatic rings. The van der Waals surface area contributed by atoms with Crippen LogP contribution in [0.4, 0.5) is 11.4 Å². The molecule has 2 amide bonds. The van der Waals surface area contributed by atoms with Gasteiger partial charge >= 0.3 is 0 Å². The van der Waals surface area contributed by atoms with Crippen molar-refractivity contribution < 1.29 is 22.7 Å². The zero-order valence-corrected chi connectivity index (χ0v) is 19.7. The van der Waals surface area contributed by atoms with Gasteiger partial charge in [0.05, 0.1) is 16.9 Å². The Hall–Kier alpha value is -2.75. The topological polar surface area (TPSA) is 105 Å². The van der Waals surface area contributed by atoms with E-state index in [0.717, 1.165) is 29.7 Å². The number of rotatable bonds is 7. The van der Waals surface area contributed by atoms with Gasteiger partial charge in [0.2, 0.25) is 21.8 Å². The number of carbonyl (C=O) groups is 2. The zero-order valence-electron chi connectivity index (χ0n) is 18.8. The predicted octanol–water partition coefficient (Wildman–Crippen LogP) is 2.75. The van der Waals surface area contributed by atoms with Gasteiger partial charge in [-0.25, -0.2) is 13.1 Å². The molecule has 176 valence electrons. The molecule has 0 aliphatic carbocycles. The Labute approximate surface area is 194 Å². The van der Waals surface area contributed by atoms with Crippen LogP contribution in [0.2, 0.25) is 0 Å². The van der Waals surface area contributed by atoms with Gasteiger partial charge in [-0.3, -0.25) is 9.59 Å². The van der Waals surface area contributed by atoms with Crippen molar-refractivity contribution in [2.45, 2.75) is 44.1 Å². The Morgan fingerprint density at radius 3 is 2.45 bits per heavy atom. The first-order valence-corrected chi connectivity index (χ1v) is 12.6. The first-order chi connectivity index (χ1) is 15.7. The Balaban J connectivity index is 1.36. The van der Waals surface area contributed by atoms with Gasteiger partial charge < -0.3 is 15.0 Å². The summed E-state index contributed by atoms with van der Waals surface area (Å²) in [5, 5.41) is 2.80. The molecule has 2 heterocycles. The van der Waals surface area contributed by atoms with E-state index in [1.807, 2.05) is 32.0 Å². The van der Waals surface area contributed by atoms with Crippen LogP contribution in [0.25, 0.3) is 0 Å². The highest BCUT2D eigenvalue weighted by Crippen LogP contribution is 2.28. The number of sulfonamides is 1. The Bertz CT molecular complexity index is 1120. The number of aryl methyl sites for hydroxylation is 2. The average molecular weight is 472 g/mol. The second-order valence-electron chi connectivity index (χ2n) is 8.75. The van der Waals surface area contributed by atoms with E-state index >= 15 is 0 Å². The first-order valence-electron chi connectivity index (χ1n) is 11.1. The van der Waals surface area contributed by atoms with Crippen LogP contribution in [-0.4, -0.2) is 46.0 Å². The van der Waals surface area contributed by atoms with Crippen molar-refractivity contribution in [1.82, 2.24) is 4.72 Å². The summed E-state index contributed by atoms with van der Waals surface area (Å²) in [6.07, 6.45) is 1.84. The molecule has 8 nitrogen and oxygen atoms in total. The lowest BCUT2D eigenvalue weighted by Gasteiger charge is -2.18. The average Bonchev–Trinajstić information content (AvgIpc) is 3.42. The second kappa shape index (κ2) is 9.62. The monoisotopic (exact) mass is 471 g/mol. The van der Waals surface area contributed by atoms with Crippen molar-refractivity contribution in [2.24, 2.45) is 5.92 Å². The van der Waals surface area contributed by atoms with E-state index in [0.29, 0.717) is 18.8 Å². The van der Waals surface area contributed by atoms with Gasteiger partial charge in [-0.1, -0.05) is 6.07 Å². The van der Waals surface area contributed by atoms with Crippen molar-refractivity contribution in [1.29, 1.82) is 0 Å². The number of carbonyl (C=O) groups excluding carboxylic acids is 2. The Morgan fingerprint density at radius 2 is 1.82 bits per heavy atom. The lowest BCUT2D eigenvalue weighted by atomic mass is 10.1.